The van der Waals surface area contributed by atoms with Gasteiger partial charge in [0.25, 0.3) is 5.56 Å². The van der Waals surface area contributed by atoms with Gasteiger partial charge in [0.05, 0.1) is 6.54 Å². The van der Waals surface area contributed by atoms with Crippen LogP contribution in [0.1, 0.15) is 5.69 Å². The molecule has 0 atom stereocenters. The summed E-state index contributed by atoms with van der Waals surface area (Å²) < 4.78 is 3.10. The molecule has 0 amide bonds. The number of nitrogens with zero attached hydrogens (tertiary/aromatic N) is 6. The number of rotatable bonds is 6. The SMILES string of the molecule is Cc1cc(=O)n(CCN2CCN(CCn3cncn3)CC2)c(=O)[nH]1. The van der Waals surface area contributed by atoms with Crippen LogP contribution in [0.4, 0.5) is 0 Å². The van der Waals surface area contributed by atoms with Crippen LogP contribution in [0, 0.1) is 6.92 Å². The average Bonchev–Trinajstić information content (AvgIpc) is 3.06. The fourth-order valence-electron chi connectivity index (χ4n) is 2.92. The third-order valence-electron chi connectivity index (χ3n) is 4.37. The first-order valence-electron chi connectivity index (χ1n) is 8.20. The maximum Gasteiger partial charge on any atom is 0.328 e. The Morgan fingerprint density at radius 3 is 2.29 bits per heavy atom. The minimum Gasteiger partial charge on any atom is -0.311 e. The van der Waals surface area contributed by atoms with Crippen molar-refractivity contribution in [3.63, 3.8) is 0 Å². The standard InChI is InChI=1S/C15H23N7O2/c1-13-10-14(23)22(15(24)18-13)9-7-20-4-2-19(3-5-20)6-8-21-12-16-11-17-21/h10-12H,2-9H2,1H3,(H,18,24). The summed E-state index contributed by atoms with van der Waals surface area (Å²) in [6.45, 7) is 8.48. The molecule has 1 aliphatic heterocycles. The van der Waals surface area contributed by atoms with E-state index >= 15 is 0 Å². The molecule has 1 aliphatic rings. The Kier molecular flexibility index (Phi) is 5.21. The molecule has 2 aromatic rings. The molecule has 9 heteroatoms. The van der Waals surface area contributed by atoms with Gasteiger partial charge in [-0.05, 0) is 6.92 Å². The Balaban J connectivity index is 1.44. The summed E-state index contributed by atoms with van der Waals surface area (Å²) in [6, 6.07) is 1.46. The summed E-state index contributed by atoms with van der Waals surface area (Å²) >= 11 is 0. The van der Waals surface area contributed by atoms with E-state index in [2.05, 4.69) is 24.9 Å². The number of aryl methyl sites for hydroxylation is 1. The van der Waals surface area contributed by atoms with E-state index in [1.165, 1.54) is 10.6 Å². The predicted molar refractivity (Wildman–Crippen MR) is 89.0 cm³/mol. The molecule has 1 fully saturated rings. The van der Waals surface area contributed by atoms with Crippen LogP contribution in [0.15, 0.2) is 28.3 Å². The number of aromatic nitrogens is 5. The number of hydrogen-bond donors (Lipinski definition) is 1. The van der Waals surface area contributed by atoms with E-state index in [0.29, 0.717) is 18.8 Å². The van der Waals surface area contributed by atoms with E-state index in [1.807, 2.05) is 4.68 Å². The molecular weight excluding hydrogens is 310 g/mol. The number of piperazine rings is 1. The Morgan fingerprint density at radius 1 is 1.04 bits per heavy atom. The maximum absolute atomic E-state index is 11.9. The summed E-state index contributed by atoms with van der Waals surface area (Å²) in [6.07, 6.45) is 3.28. The minimum atomic E-state index is -0.327. The molecule has 2 aromatic heterocycles. The molecule has 0 aliphatic carbocycles. The third kappa shape index (κ3) is 4.18. The predicted octanol–water partition coefficient (Wildman–Crippen LogP) is -1.25. The smallest absolute Gasteiger partial charge is 0.311 e. The van der Waals surface area contributed by atoms with Gasteiger partial charge in [0.15, 0.2) is 0 Å². The first kappa shape index (κ1) is 16.6. The monoisotopic (exact) mass is 333 g/mol. The van der Waals surface area contributed by atoms with E-state index in [0.717, 1.165) is 39.3 Å². The molecule has 9 nitrogen and oxygen atoms in total. The third-order valence-corrected chi connectivity index (χ3v) is 4.37. The van der Waals surface area contributed by atoms with Crippen LogP contribution in [0.3, 0.4) is 0 Å². The highest BCUT2D eigenvalue weighted by molar-refractivity contribution is 4.96. The second kappa shape index (κ2) is 7.54. The Labute approximate surface area is 139 Å². The van der Waals surface area contributed by atoms with Crippen LogP contribution in [-0.4, -0.2) is 73.4 Å². The van der Waals surface area contributed by atoms with Crippen molar-refractivity contribution in [1.82, 2.24) is 34.1 Å². The topological polar surface area (TPSA) is 92.1 Å². The lowest BCUT2D eigenvalue weighted by Crippen LogP contribution is -2.49. The molecule has 0 radical (unpaired) electrons. The lowest BCUT2D eigenvalue weighted by atomic mass is 10.3. The van der Waals surface area contributed by atoms with E-state index in [4.69, 9.17) is 0 Å². The van der Waals surface area contributed by atoms with Crippen molar-refractivity contribution in [2.75, 3.05) is 39.3 Å². The first-order chi connectivity index (χ1) is 11.6. The van der Waals surface area contributed by atoms with E-state index in [1.54, 1.807) is 19.6 Å². The second-order valence-corrected chi connectivity index (χ2v) is 6.09. The molecular formula is C15H23N7O2. The van der Waals surface area contributed by atoms with Gasteiger partial charge in [-0.25, -0.2) is 9.78 Å². The van der Waals surface area contributed by atoms with E-state index < -0.39 is 0 Å². The van der Waals surface area contributed by atoms with Crippen LogP contribution in [0.2, 0.25) is 0 Å². The fourth-order valence-corrected chi connectivity index (χ4v) is 2.92. The molecule has 1 saturated heterocycles. The van der Waals surface area contributed by atoms with Gasteiger partial charge in [-0.2, -0.15) is 5.10 Å². The van der Waals surface area contributed by atoms with Gasteiger partial charge in [0.1, 0.15) is 12.7 Å². The van der Waals surface area contributed by atoms with Gasteiger partial charge >= 0.3 is 5.69 Å². The summed E-state index contributed by atoms with van der Waals surface area (Å²) in [5.41, 5.74) is 0.0384. The molecule has 0 unspecified atom stereocenters. The van der Waals surface area contributed by atoms with Crippen molar-refractivity contribution >= 4 is 0 Å². The number of aromatic amines is 1. The van der Waals surface area contributed by atoms with Crippen molar-refractivity contribution < 1.29 is 0 Å². The minimum absolute atomic E-state index is 0.234. The van der Waals surface area contributed by atoms with Crippen molar-refractivity contribution in [3.05, 3.63) is 45.3 Å². The number of hydrogen-bond acceptors (Lipinski definition) is 6. The molecule has 0 spiro atoms. The van der Waals surface area contributed by atoms with Crippen molar-refractivity contribution in [2.45, 2.75) is 20.0 Å². The maximum atomic E-state index is 11.9. The quantitative estimate of drug-likeness (QED) is 0.710. The lowest BCUT2D eigenvalue weighted by molar-refractivity contribution is 0.124. The van der Waals surface area contributed by atoms with Crippen LogP contribution >= 0.6 is 0 Å². The highest BCUT2D eigenvalue weighted by atomic mass is 16.2. The van der Waals surface area contributed by atoms with Gasteiger partial charge in [-0.1, -0.05) is 0 Å². The van der Waals surface area contributed by atoms with E-state index in [9.17, 15) is 9.59 Å². The molecule has 1 N–H and O–H groups in total. The largest absolute Gasteiger partial charge is 0.328 e. The summed E-state index contributed by atoms with van der Waals surface area (Å²) in [4.78, 5) is 35.0. The lowest BCUT2D eigenvalue weighted by Gasteiger charge is -2.34. The normalized spacial score (nSPS) is 16.5. The number of nitrogens with one attached hydrogen (secondary N) is 1. The summed E-state index contributed by atoms with van der Waals surface area (Å²) in [5, 5.41) is 4.10. The summed E-state index contributed by atoms with van der Waals surface area (Å²) in [5.74, 6) is 0. The van der Waals surface area contributed by atoms with Crippen LogP contribution in [-0.2, 0) is 13.1 Å². The fraction of sp³-hybridized carbons (Fsp3) is 0.600. The second-order valence-electron chi connectivity index (χ2n) is 6.09. The van der Waals surface area contributed by atoms with Crippen molar-refractivity contribution in [2.24, 2.45) is 0 Å². The molecule has 0 bridgehead atoms. The van der Waals surface area contributed by atoms with Crippen molar-refractivity contribution in [1.29, 1.82) is 0 Å². The number of H-pyrrole nitrogens is 1. The van der Waals surface area contributed by atoms with Gasteiger partial charge in [-0.3, -0.25) is 23.8 Å². The van der Waals surface area contributed by atoms with Crippen molar-refractivity contribution in [3.8, 4) is 0 Å². The molecule has 0 aromatic carbocycles. The molecule has 3 rings (SSSR count). The Hall–Kier alpha value is -2.26. The zero-order chi connectivity index (χ0) is 16.9. The highest BCUT2D eigenvalue weighted by Gasteiger charge is 2.17. The molecule has 3 heterocycles. The average molecular weight is 333 g/mol. The van der Waals surface area contributed by atoms with Gasteiger partial charge in [0, 0.05) is 57.6 Å². The first-order valence-corrected chi connectivity index (χ1v) is 8.20. The van der Waals surface area contributed by atoms with Gasteiger partial charge in [0.2, 0.25) is 0 Å². The Bertz CT molecular complexity index is 726. The van der Waals surface area contributed by atoms with E-state index in [-0.39, 0.29) is 11.2 Å². The van der Waals surface area contributed by atoms with Gasteiger partial charge in [-0.15, -0.1) is 0 Å². The molecule has 24 heavy (non-hydrogen) atoms. The molecule has 130 valence electrons. The Morgan fingerprint density at radius 2 is 1.71 bits per heavy atom. The van der Waals surface area contributed by atoms with Crippen LogP contribution < -0.4 is 11.2 Å². The van der Waals surface area contributed by atoms with Crippen LogP contribution in [0.5, 0.6) is 0 Å². The van der Waals surface area contributed by atoms with Crippen LogP contribution in [0.25, 0.3) is 0 Å². The zero-order valence-corrected chi connectivity index (χ0v) is 13.9. The zero-order valence-electron chi connectivity index (χ0n) is 13.9. The highest BCUT2D eigenvalue weighted by Crippen LogP contribution is 2.02. The molecule has 0 saturated carbocycles. The summed E-state index contributed by atoms with van der Waals surface area (Å²) in [7, 11) is 0. The van der Waals surface area contributed by atoms with Gasteiger partial charge < -0.3 is 4.98 Å².